The average Bonchev–Trinajstić information content (AvgIpc) is 2.76. The summed E-state index contributed by atoms with van der Waals surface area (Å²) in [7, 11) is 0. The summed E-state index contributed by atoms with van der Waals surface area (Å²) in [4.78, 5) is 26.6. The van der Waals surface area contributed by atoms with Crippen molar-refractivity contribution in [1.82, 2.24) is 10.2 Å². The zero-order valence-electron chi connectivity index (χ0n) is 13.5. The molecule has 3 rings (SSSR count). The summed E-state index contributed by atoms with van der Waals surface area (Å²) in [6.07, 6.45) is 5.98. The molecule has 3 atom stereocenters. The molecular weight excluding hydrogens is 292 g/mol. The first kappa shape index (κ1) is 15.8. The van der Waals surface area contributed by atoms with Gasteiger partial charge in [-0.25, -0.2) is 0 Å². The summed E-state index contributed by atoms with van der Waals surface area (Å²) >= 11 is 0. The van der Waals surface area contributed by atoms with E-state index in [9.17, 15) is 14.7 Å². The molecule has 124 valence electrons. The molecule has 0 radical (unpaired) electrons. The number of benzene rings is 1. The van der Waals surface area contributed by atoms with Gasteiger partial charge in [0.1, 0.15) is 11.8 Å². The van der Waals surface area contributed by atoms with Crippen LogP contribution in [0.25, 0.3) is 0 Å². The highest BCUT2D eigenvalue weighted by Crippen LogP contribution is 2.36. The number of phenolic OH excluding ortho intramolecular Hbond substituents is 1. The second-order valence-corrected chi connectivity index (χ2v) is 6.69. The smallest absolute Gasteiger partial charge is 0.245 e. The molecule has 1 aromatic rings. The monoisotopic (exact) mass is 316 g/mol. The van der Waals surface area contributed by atoms with Gasteiger partial charge in [-0.15, -0.1) is 0 Å². The van der Waals surface area contributed by atoms with Crippen molar-refractivity contribution in [3.8, 4) is 5.75 Å². The summed E-state index contributed by atoms with van der Waals surface area (Å²) in [5.41, 5.74) is 0.930. The molecule has 2 saturated heterocycles. The lowest BCUT2D eigenvalue weighted by atomic mass is 9.99. The molecule has 0 aromatic heterocycles. The predicted molar refractivity (Wildman–Crippen MR) is 86.9 cm³/mol. The number of carbonyl (C=O) groups is 2. The molecule has 2 N–H and O–H groups in total. The standard InChI is InChI=1S/C18H24N2O3/c1-12(21)19-17(11-13-5-9-16(22)10-6-13)18(23)20-14-3-2-4-15(20)8-7-14/h5-6,9-10,14-15,17,22H,2-4,7-8,11H2,1H3,(H,19,21)/t14?,15?,17-/m0/s1. The Morgan fingerprint density at radius 3 is 2.35 bits per heavy atom. The van der Waals surface area contributed by atoms with Crippen LogP contribution in [0, 0.1) is 0 Å². The van der Waals surface area contributed by atoms with Gasteiger partial charge in [0.15, 0.2) is 0 Å². The van der Waals surface area contributed by atoms with Gasteiger partial charge < -0.3 is 15.3 Å². The molecule has 23 heavy (non-hydrogen) atoms. The molecule has 2 fully saturated rings. The van der Waals surface area contributed by atoms with Crippen molar-refractivity contribution in [2.45, 2.75) is 63.6 Å². The summed E-state index contributed by atoms with van der Waals surface area (Å²) in [5.74, 6) is 0.0530. The third-order valence-electron chi connectivity index (χ3n) is 5.00. The second-order valence-electron chi connectivity index (χ2n) is 6.69. The Morgan fingerprint density at radius 1 is 1.17 bits per heavy atom. The van der Waals surface area contributed by atoms with E-state index in [4.69, 9.17) is 0 Å². The fourth-order valence-electron chi connectivity index (χ4n) is 3.97. The highest BCUT2D eigenvalue weighted by Gasteiger charge is 2.41. The van der Waals surface area contributed by atoms with E-state index in [0.717, 1.165) is 31.2 Å². The van der Waals surface area contributed by atoms with Crippen LogP contribution < -0.4 is 5.32 Å². The van der Waals surface area contributed by atoms with E-state index in [1.54, 1.807) is 24.3 Å². The Balaban J connectivity index is 1.76. The van der Waals surface area contributed by atoms with Gasteiger partial charge >= 0.3 is 0 Å². The SMILES string of the molecule is CC(=O)N[C@@H](Cc1ccc(O)cc1)C(=O)N1C2CCCC1CC2. The van der Waals surface area contributed by atoms with Crippen LogP contribution in [0.3, 0.4) is 0 Å². The van der Waals surface area contributed by atoms with Gasteiger partial charge in [-0.3, -0.25) is 9.59 Å². The first-order valence-electron chi connectivity index (χ1n) is 8.42. The number of nitrogens with one attached hydrogen (secondary N) is 1. The third kappa shape index (κ3) is 3.49. The van der Waals surface area contributed by atoms with E-state index in [1.807, 2.05) is 4.90 Å². The fraction of sp³-hybridized carbons (Fsp3) is 0.556. The molecule has 5 heteroatoms. The number of rotatable bonds is 4. The van der Waals surface area contributed by atoms with Crippen molar-refractivity contribution in [2.24, 2.45) is 0 Å². The van der Waals surface area contributed by atoms with Crippen LogP contribution in [0.4, 0.5) is 0 Å². The van der Waals surface area contributed by atoms with Crippen molar-refractivity contribution in [1.29, 1.82) is 0 Å². The van der Waals surface area contributed by atoms with Crippen LogP contribution >= 0.6 is 0 Å². The minimum atomic E-state index is -0.529. The molecule has 2 bridgehead atoms. The zero-order chi connectivity index (χ0) is 16.4. The molecule has 5 nitrogen and oxygen atoms in total. The maximum Gasteiger partial charge on any atom is 0.245 e. The Morgan fingerprint density at radius 2 is 1.78 bits per heavy atom. The average molecular weight is 316 g/mol. The van der Waals surface area contributed by atoms with Crippen molar-refractivity contribution in [2.75, 3.05) is 0 Å². The Hall–Kier alpha value is -2.04. The molecule has 0 spiro atoms. The zero-order valence-corrected chi connectivity index (χ0v) is 13.5. The molecule has 2 aliphatic rings. The van der Waals surface area contributed by atoms with Gasteiger partial charge in [0.05, 0.1) is 0 Å². The Labute approximate surface area is 136 Å². The third-order valence-corrected chi connectivity index (χ3v) is 5.00. The molecule has 0 saturated carbocycles. The van der Waals surface area contributed by atoms with Crippen LogP contribution in [0.15, 0.2) is 24.3 Å². The summed E-state index contributed by atoms with van der Waals surface area (Å²) < 4.78 is 0. The van der Waals surface area contributed by atoms with E-state index in [1.165, 1.54) is 13.3 Å². The van der Waals surface area contributed by atoms with Crippen molar-refractivity contribution < 1.29 is 14.7 Å². The van der Waals surface area contributed by atoms with Gasteiger partial charge in [0, 0.05) is 25.4 Å². The van der Waals surface area contributed by atoms with E-state index in [-0.39, 0.29) is 17.6 Å². The predicted octanol–water partition coefficient (Wildman–Crippen LogP) is 1.98. The normalized spacial score (nSPS) is 24.3. The number of hydrogen-bond acceptors (Lipinski definition) is 3. The largest absolute Gasteiger partial charge is 0.508 e. The molecular formula is C18H24N2O3. The number of carbonyl (C=O) groups excluding carboxylic acids is 2. The van der Waals surface area contributed by atoms with Crippen molar-refractivity contribution >= 4 is 11.8 Å². The summed E-state index contributed by atoms with van der Waals surface area (Å²) in [5, 5.41) is 12.2. The number of amides is 2. The van der Waals surface area contributed by atoms with Gasteiger partial charge in [0.2, 0.25) is 11.8 Å². The number of hydrogen-bond donors (Lipinski definition) is 2. The summed E-state index contributed by atoms with van der Waals surface area (Å²) in [6.45, 7) is 1.45. The number of piperidine rings is 1. The quantitative estimate of drug-likeness (QED) is 0.892. The second kappa shape index (κ2) is 6.60. The van der Waals surface area contributed by atoms with Crippen LogP contribution in [0.1, 0.15) is 44.6 Å². The number of nitrogens with zero attached hydrogens (tertiary/aromatic N) is 1. The van der Waals surface area contributed by atoms with Gasteiger partial charge in [-0.2, -0.15) is 0 Å². The van der Waals surface area contributed by atoms with E-state index in [2.05, 4.69) is 5.32 Å². The lowest BCUT2D eigenvalue weighted by Gasteiger charge is -2.37. The van der Waals surface area contributed by atoms with E-state index < -0.39 is 6.04 Å². The molecule has 1 aromatic carbocycles. The molecule has 2 unspecified atom stereocenters. The van der Waals surface area contributed by atoms with Gasteiger partial charge in [0.25, 0.3) is 0 Å². The molecule has 2 heterocycles. The first-order valence-corrected chi connectivity index (χ1v) is 8.42. The highest BCUT2D eigenvalue weighted by molar-refractivity contribution is 5.87. The van der Waals surface area contributed by atoms with E-state index in [0.29, 0.717) is 18.5 Å². The van der Waals surface area contributed by atoms with Crippen molar-refractivity contribution in [3.05, 3.63) is 29.8 Å². The lowest BCUT2D eigenvalue weighted by molar-refractivity contribution is -0.140. The lowest BCUT2D eigenvalue weighted by Crippen LogP contribution is -2.54. The number of aromatic hydroxyl groups is 1. The van der Waals surface area contributed by atoms with Crippen molar-refractivity contribution in [3.63, 3.8) is 0 Å². The van der Waals surface area contributed by atoms with Crippen LogP contribution in [0.5, 0.6) is 5.75 Å². The molecule has 0 aliphatic carbocycles. The fourth-order valence-corrected chi connectivity index (χ4v) is 3.97. The summed E-state index contributed by atoms with van der Waals surface area (Å²) in [6, 6.07) is 6.96. The molecule has 2 aliphatic heterocycles. The van der Waals surface area contributed by atoms with Crippen LogP contribution in [-0.4, -0.2) is 39.9 Å². The number of fused-ring (bicyclic) bond motifs is 2. The first-order chi connectivity index (χ1) is 11.0. The van der Waals surface area contributed by atoms with Crippen LogP contribution in [-0.2, 0) is 16.0 Å². The Bertz CT molecular complexity index is 568. The van der Waals surface area contributed by atoms with Gasteiger partial charge in [-0.05, 0) is 49.8 Å². The molecule has 2 amide bonds. The number of phenols is 1. The maximum absolute atomic E-state index is 13.0. The topological polar surface area (TPSA) is 69.6 Å². The van der Waals surface area contributed by atoms with E-state index >= 15 is 0 Å². The highest BCUT2D eigenvalue weighted by atomic mass is 16.3. The van der Waals surface area contributed by atoms with Crippen LogP contribution in [0.2, 0.25) is 0 Å². The minimum Gasteiger partial charge on any atom is -0.508 e. The maximum atomic E-state index is 13.0. The van der Waals surface area contributed by atoms with Gasteiger partial charge in [-0.1, -0.05) is 12.1 Å². The minimum absolute atomic E-state index is 0.0421. The Kier molecular flexibility index (Phi) is 4.55.